The van der Waals surface area contributed by atoms with Gasteiger partial charge in [-0.2, -0.15) is 4.31 Å². The number of carbonyl (C=O) groups excluding carboxylic acids is 1. The van der Waals surface area contributed by atoms with Crippen molar-refractivity contribution in [1.29, 1.82) is 0 Å². The second-order valence-corrected chi connectivity index (χ2v) is 21.4. The lowest BCUT2D eigenvalue weighted by molar-refractivity contribution is -0.333. The highest BCUT2D eigenvalue weighted by Gasteiger charge is 2.58. The van der Waals surface area contributed by atoms with Crippen molar-refractivity contribution < 1.29 is 67.2 Å². The van der Waals surface area contributed by atoms with Crippen LogP contribution in [0.4, 0.5) is 0 Å². The molecule has 0 saturated carbocycles. The van der Waals surface area contributed by atoms with Crippen molar-refractivity contribution in [3.8, 4) is 0 Å². The molecule has 3 saturated heterocycles. The standard InChI is InChI=1S/C43H72Cl2N2O14S/c1-13-32-42(10,52)36(49)27(6)46-21-23(2)19-40(8,51)37(61-39-34(48)31(18-24(3)57-39)47(11)62(54,55)30-16-14-29(45)15-17-30)25(4)35(26(5)38(50)59-32)60-33-20-41(9,56-12)43(53,22-44)28(7)58-33/h14-17,23-28,31-37,39,46,48-49,51-53H,13,18-22H2,1-12H3/t23-,24-,25+,26-,27-,28+,31+,32-,33+,34-,35+,36-,37-,39+,40-,41-,42-,43+/m1/s1. The second-order valence-electron chi connectivity index (χ2n) is 18.7. The van der Waals surface area contributed by atoms with E-state index in [9.17, 15) is 38.7 Å². The summed E-state index contributed by atoms with van der Waals surface area (Å²) in [5, 5.41) is 63.0. The van der Waals surface area contributed by atoms with E-state index in [0.29, 0.717) is 5.02 Å². The van der Waals surface area contributed by atoms with E-state index in [0.717, 1.165) is 4.31 Å². The summed E-state index contributed by atoms with van der Waals surface area (Å²) in [5.41, 5.74) is -6.56. The Morgan fingerprint density at radius 1 is 0.968 bits per heavy atom. The van der Waals surface area contributed by atoms with E-state index in [1.807, 2.05) is 6.92 Å². The molecule has 0 spiro atoms. The number of likely N-dealkylation sites (N-methyl/N-ethyl adjacent to an activating group) is 1. The van der Waals surface area contributed by atoms with Crippen molar-refractivity contribution in [2.24, 2.45) is 17.8 Å². The molecule has 3 aliphatic rings. The van der Waals surface area contributed by atoms with Gasteiger partial charge in [-0.05, 0) is 104 Å². The van der Waals surface area contributed by atoms with Gasteiger partial charge in [0.1, 0.15) is 35.1 Å². The fraction of sp³-hybridized carbons (Fsp3) is 0.837. The van der Waals surface area contributed by atoms with Crippen LogP contribution in [-0.4, -0.2) is 161 Å². The molecule has 1 aromatic carbocycles. The van der Waals surface area contributed by atoms with Gasteiger partial charge in [-0.15, -0.1) is 11.6 Å². The molecule has 4 rings (SSSR count). The number of nitrogens with zero attached hydrogens (tertiary/aromatic N) is 1. The molecule has 18 atom stereocenters. The molecule has 358 valence electrons. The summed E-state index contributed by atoms with van der Waals surface area (Å²) < 4.78 is 66.6. The zero-order chi connectivity index (χ0) is 46.9. The molecular formula is C43H72Cl2N2O14S. The number of esters is 1. The number of nitrogens with one attached hydrogen (secondary N) is 1. The number of aliphatic hydroxyl groups is 5. The van der Waals surface area contributed by atoms with Crippen molar-refractivity contribution in [3.05, 3.63) is 29.3 Å². The maximum atomic E-state index is 14.4. The fourth-order valence-electron chi connectivity index (χ4n) is 9.47. The molecule has 1 aromatic rings. The number of benzene rings is 1. The van der Waals surface area contributed by atoms with E-state index in [-0.39, 0.29) is 48.9 Å². The molecule has 3 aliphatic heterocycles. The van der Waals surface area contributed by atoms with Crippen LogP contribution in [0.15, 0.2) is 29.2 Å². The Morgan fingerprint density at radius 3 is 2.15 bits per heavy atom. The quantitative estimate of drug-likeness (QED) is 0.146. The van der Waals surface area contributed by atoms with Crippen molar-refractivity contribution in [3.63, 3.8) is 0 Å². The number of sulfonamides is 1. The topological polar surface area (TPSA) is 223 Å². The van der Waals surface area contributed by atoms with Crippen LogP contribution in [0.2, 0.25) is 5.02 Å². The van der Waals surface area contributed by atoms with Crippen LogP contribution in [0.5, 0.6) is 0 Å². The third-order valence-electron chi connectivity index (χ3n) is 13.7. The molecule has 3 heterocycles. The third kappa shape index (κ3) is 11.1. The maximum Gasteiger partial charge on any atom is 0.311 e. The first kappa shape index (κ1) is 53.4. The predicted molar refractivity (Wildman–Crippen MR) is 232 cm³/mol. The van der Waals surface area contributed by atoms with Crippen LogP contribution >= 0.6 is 23.2 Å². The van der Waals surface area contributed by atoms with Gasteiger partial charge in [0, 0.05) is 37.6 Å². The molecule has 6 N–H and O–H groups in total. The zero-order valence-corrected chi connectivity index (χ0v) is 40.5. The van der Waals surface area contributed by atoms with Gasteiger partial charge in [-0.3, -0.25) is 4.79 Å². The van der Waals surface area contributed by atoms with Gasteiger partial charge in [-0.1, -0.05) is 32.4 Å². The number of ether oxygens (including phenoxy) is 6. The summed E-state index contributed by atoms with van der Waals surface area (Å²) in [6.45, 7) is 16.9. The first-order valence-electron chi connectivity index (χ1n) is 21.5. The summed E-state index contributed by atoms with van der Waals surface area (Å²) in [4.78, 5) is 14.3. The van der Waals surface area contributed by atoms with E-state index in [4.69, 9.17) is 51.6 Å². The average Bonchev–Trinajstić information content (AvgIpc) is 3.21. The number of hydrogen-bond acceptors (Lipinski definition) is 15. The number of rotatable bonds is 10. The van der Waals surface area contributed by atoms with Gasteiger partial charge in [0.15, 0.2) is 12.6 Å². The van der Waals surface area contributed by atoms with E-state index in [2.05, 4.69) is 5.32 Å². The van der Waals surface area contributed by atoms with Gasteiger partial charge in [0.25, 0.3) is 0 Å². The highest BCUT2D eigenvalue weighted by Crippen LogP contribution is 2.44. The smallest absolute Gasteiger partial charge is 0.311 e. The molecule has 3 fully saturated rings. The van der Waals surface area contributed by atoms with Crippen LogP contribution in [0.25, 0.3) is 0 Å². The van der Waals surface area contributed by atoms with E-state index < -0.39 is 118 Å². The largest absolute Gasteiger partial charge is 0.459 e. The fourth-order valence-corrected chi connectivity index (χ4v) is 11.5. The van der Waals surface area contributed by atoms with E-state index in [1.54, 1.807) is 55.4 Å². The van der Waals surface area contributed by atoms with Crippen LogP contribution < -0.4 is 5.32 Å². The molecule has 19 heteroatoms. The summed E-state index contributed by atoms with van der Waals surface area (Å²) in [7, 11) is -1.34. The normalized spacial score (nSPS) is 44.6. The number of halogens is 2. The molecule has 0 amide bonds. The maximum absolute atomic E-state index is 14.4. The molecule has 0 unspecified atom stereocenters. The zero-order valence-electron chi connectivity index (χ0n) is 38.2. The first-order valence-corrected chi connectivity index (χ1v) is 23.9. The summed E-state index contributed by atoms with van der Waals surface area (Å²) in [5.74, 6) is -3.42. The molecule has 0 radical (unpaired) electrons. The van der Waals surface area contributed by atoms with Gasteiger partial charge < -0.3 is 59.3 Å². The van der Waals surface area contributed by atoms with Crippen LogP contribution in [-0.2, 0) is 43.2 Å². The monoisotopic (exact) mass is 942 g/mol. The first-order chi connectivity index (χ1) is 28.6. The Kier molecular flexibility index (Phi) is 17.8. The predicted octanol–water partition coefficient (Wildman–Crippen LogP) is 3.58. The van der Waals surface area contributed by atoms with Crippen LogP contribution in [0, 0.1) is 17.8 Å². The van der Waals surface area contributed by atoms with E-state index >= 15 is 0 Å². The summed E-state index contributed by atoms with van der Waals surface area (Å²) in [6, 6.07) is 3.97. The molecule has 16 nitrogen and oxygen atoms in total. The highest BCUT2D eigenvalue weighted by atomic mass is 35.5. The van der Waals surface area contributed by atoms with Crippen molar-refractivity contribution in [2.45, 2.75) is 190 Å². The van der Waals surface area contributed by atoms with Gasteiger partial charge in [-0.25, -0.2) is 8.42 Å². The molecule has 62 heavy (non-hydrogen) atoms. The van der Waals surface area contributed by atoms with Gasteiger partial charge in [0.2, 0.25) is 10.0 Å². The lowest BCUT2D eigenvalue weighted by Crippen LogP contribution is -2.67. The minimum atomic E-state index is -4.14. The molecule has 0 bridgehead atoms. The highest BCUT2D eigenvalue weighted by molar-refractivity contribution is 7.89. The Bertz CT molecular complexity index is 1740. The number of hydrogen-bond donors (Lipinski definition) is 6. The van der Waals surface area contributed by atoms with Crippen LogP contribution in [0.1, 0.15) is 94.9 Å². The molecule has 0 aliphatic carbocycles. The third-order valence-corrected chi connectivity index (χ3v) is 16.2. The molecular weight excluding hydrogens is 871 g/mol. The number of aliphatic hydroxyl groups excluding tert-OH is 2. The Balaban J connectivity index is 1.82. The Hall–Kier alpha value is -1.26. The second kappa shape index (κ2) is 20.7. The van der Waals surface area contributed by atoms with Crippen molar-refractivity contribution in [2.75, 3.05) is 26.6 Å². The minimum absolute atomic E-state index is 0.0305. The van der Waals surface area contributed by atoms with Crippen LogP contribution in [0.3, 0.4) is 0 Å². The average molecular weight is 944 g/mol. The number of methoxy groups -OCH3 is 1. The Labute approximate surface area is 377 Å². The number of alkyl halides is 1. The minimum Gasteiger partial charge on any atom is -0.459 e. The SMILES string of the molecule is CC[C@H]1OC(=O)[C@H](C)[C@@H](O[C@H]2C[C@@](C)(OC)[C@](O)(CCl)[C@H](C)O2)[C@H](C)[C@@H](O[C@@H]2O[C@H](C)C[C@H](N(C)S(=O)(=O)c3ccc(Cl)cc3)[C@H]2O)[C@](C)(O)C[C@@H](C)CN[C@H](C)[C@@H](O)[C@]1(C)O. The number of cyclic esters (lactones) is 1. The van der Waals surface area contributed by atoms with Gasteiger partial charge >= 0.3 is 5.97 Å². The molecule has 0 aromatic heterocycles. The van der Waals surface area contributed by atoms with E-state index in [1.165, 1.54) is 45.3 Å². The summed E-state index contributed by atoms with van der Waals surface area (Å²) in [6.07, 6.45) is -10.4. The lowest BCUT2D eigenvalue weighted by atomic mass is 9.76. The summed E-state index contributed by atoms with van der Waals surface area (Å²) >= 11 is 12.3. The Morgan fingerprint density at radius 2 is 1.58 bits per heavy atom. The van der Waals surface area contributed by atoms with Crippen molar-refractivity contribution in [1.82, 2.24) is 9.62 Å². The van der Waals surface area contributed by atoms with Crippen molar-refractivity contribution >= 4 is 39.2 Å². The van der Waals surface area contributed by atoms with Gasteiger partial charge in [0.05, 0.1) is 52.8 Å². The number of carbonyl (C=O) groups is 1. The lowest BCUT2D eigenvalue weighted by Gasteiger charge is -2.53.